The van der Waals surface area contributed by atoms with Crippen molar-refractivity contribution in [1.82, 2.24) is 0 Å². The molecule has 94 valence electrons. The molecule has 2 saturated carbocycles. The standard InChI is InChI=1S/C12H17.2C2H5.Al/c1-2-8-6-9-7-12(8)11-5-3-4-10(9)11;2*1-2;/h3-4,8-12H,1-2,5-7H2;2*1H2,2H3;/t8-,9-,10-,11-,12-;;;/m1.../s1. The highest BCUT2D eigenvalue weighted by atomic mass is 27.2. The number of hydrogen-bond acceptors (Lipinski definition) is 0. The Labute approximate surface area is 111 Å². The molecule has 0 aliphatic heterocycles. The summed E-state index contributed by atoms with van der Waals surface area (Å²) >= 11 is -0.317. The van der Waals surface area contributed by atoms with E-state index >= 15 is 0 Å². The maximum Gasteiger partial charge on any atom is 0.261 e. The molecule has 0 aromatic carbocycles. The molecule has 3 aliphatic carbocycles. The van der Waals surface area contributed by atoms with Crippen molar-refractivity contribution in [2.75, 3.05) is 0 Å². The molecule has 0 aromatic heterocycles. The normalized spacial score (nSPS) is 42.1. The number of fused-ring (bicyclic) bond motifs is 5. The third kappa shape index (κ3) is 2.15. The van der Waals surface area contributed by atoms with Crippen LogP contribution >= 0.6 is 0 Å². The highest BCUT2D eigenvalue weighted by Gasteiger charge is 2.51. The summed E-state index contributed by atoms with van der Waals surface area (Å²) in [4.78, 5) is 0. The Morgan fingerprint density at radius 3 is 2.71 bits per heavy atom. The average Bonchev–Trinajstić information content (AvgIpc) is 3.02. The molecular weight excluding hydrogens is 219 g/mol. The molecule has 3 rings (SSSR count). The minimum atomic E-state index is -0.317. The molecule has 0 spiro atoms. The molecule has 5 atom stereocenters. The van der Waals surface area contributed by atoms with E-state index in [1.54, 1.807) is 24.5 Å². The summed E-state index contributed by atoms with van der Waals surface area (Å²) in [5.41, 5.74) is 0. The lowest BCUT2D eigenvalue weighted by molar-refractivity contribution is 0.201. The second-order valence-corrected chi connectivity index (χ2v) is 10.8. The minimum absolute atomic E-state index is 0.317. The van der Waals surface area contributed by atoms with E-state index in [4.69, 9.17) is 0 Å². The molecule has 0 N–H and O–H groups in total. The van der Waals surface area contributed by atoms with Crippen molar-refractivity contribution in [2.45, 2.75) is 55.4 Å². The molecule has 0 heterocycles. The second kappa shape index (κ2) is 5.10. The van der Waals surface area contributed by atoms with E-state index < -0.39 is 0 Å². The van der Waals surface area contributed by atoms with E-state index in [-0.39, 0.29) is 14.1 Å². The minimum Gasteiger partial charge on any atom is -0.0967 e. The van der Waals surface area contributed by atoms with E-state index in [1.807, 2.05) is 0 Å². The fourth-order valence-electron chi connectivity index (χ4n) is 5.18. The van der Waals surface area contributed by atoms with Gasteiger partial charge in [-0.2, -0.15) is 0 Å². The van der Waals surface area contributed by atoms with Gasteiger partial charge in [-0.3, -0.25) is 0 Å². The van der Waals surface area contributed by atoms with Gasteiger partial charge in [0, 0.05) is 0 Å². The van der Waals surface area contributed by atoms with Crippen LogP contribution < -0.4 is 0 Å². The number of allylic oxidation sites excluding steroid dienone is 2. The maximum absolute atomic E-state index is 2.56. The van der Waals surface area contributed by atoms with Crippen LogP contribution in [0.4, 0.5) is 0 Å². The van der Waals surface area contributed by atoms with Crippen LogP contribution in [0.25, 0.3) is 0 Å². The fraction of sp³-hybridized carbons (Fsp3) is 0.875. The molecule has 3 aliphatic rings. The Morgan fingerprint density at radius 1 is 1.12 bits per heavy atom. The average molecular weight is 246 g/mol. The first-order chi connectivity index (χ1) is 8.33. The third-order valence-electron chi connectivity index (χ3n) is 6.24. The highest BCUT2D eigenvalue weighted by molar-refractivity contribution is 6.58. The Kier molecular flexibility index (Phi) is 3.70. The van der Waals surface area contributed by atoms with E-state index in [1.165, 1.54) is 17.0 Å². The summed E-state index contributed by atoms with van der Waals surface area (Å²) in [6.07, 6.45) is 11.2. The van der Waals surface area contributed by atoms with Crippen molar-refractivity contribution in [3.05, 3.63) is 12.2 Å². The first kappa shape index (κ1) is 12.3. The van der Waals surface area contributed by atoms with Gasteiger partial charge in [0.25, 0.3) is 14.1 Å². The van der Waals surface area contributed by atoms with Crippen LogP contribution in [0.2, 0.25) is 15.8 Å². The van der Waals surface area contributed by atoms with Gasteiger partial charge in [-0.05, 0) is 48.9 Å². The molecule has 0 amide bonds. The van der Waals surface area contributed by atoms with E-state index in [0.29, 0.717) is 0 Å². The lowest BCUT2D eigenvalue weighted by Crippen LogP contribution is -2.25. The maximum atomic E-state index is 2.56. The van der Waals surface area contributed by atoms with Crippen molar-refractivity contribution < 1.29 is 0 Å². The van der Waals surface area contributed by atoms with Gasteiger partial charge < -0.3 is 0 Å². The quantitative estimate of drug-likeness (QED) is 0.484. The highest BCUT2D eigenvalue weighted by Crippen LogP contribution is 2.59. The molecule has 0 unspecified atom stereocenters. The Bertz CT molecular complexity index is 292. The zero-order valence-electron chi connectivity index (χ0n) is 11.6. The molecule has 2 bridgehead atoms. The van der Waals surface area contributed by atoms with Gasteiger partial charge in [0.2, 0.25) is 0 Å². The SMILES string of the molecule is C[CH2][Al]([CH2]C)[CH2]C[C@@H]1C[C@@H]2C[C@H]1[C@@H]1CC=C[C@H]21. The van der Waals surface area contributed by atoms with Crippen LogP contribution in [0.15, 0.2) is 12.2 Å². The van der Waals surface area contributed by atoms with Crippen molar-refractivity contribution in [3.63, 3.8) is 0 Å². The van der Waals surface area contributed by atoms with Crippen LogP contribution in [-0.4, -0.2) is 14.1 Å². The lowest BCUT2D eigenvalue weighted by Gasteiger charge is -2.32. The largest absolute Gasteiger partial charge is 0.261 e. The molecule has 0 saturated heterocycles. The fourth-order valence-corrected chi connectivity index (χ4v) is 7.47. The van der Waals surface area contributed by atoms with Crippen molar-refractivity contribution in [3.8, 4) is 0 Å². The first-order valence-electron chi connectivity index (χ1n) is 8.00. The topological polar surface area (TPSA) is 0 Å². The van der Waals surface area contributed by atoms with Gasteiger partial charge in [0.05, 0.1) is 0 Å². The van der Waals surface area contributed by atoms with Gasteiger partial charge in [0.1, 0.15) is 0 Å². The predicted octanol–water partition coefficient (Wildman–Crippen LogP) is 4.76. The molecule has 17 heavy (non-hydrogen) atoms. The lowest BCUT2D eigenvalue weighted by atomic mass is 9.74. The Hall–Kier alpha value is 0.272. The number of hydrogen-bond donors (Lipinski definition) is 0. The van der Waals surface area contributed by atoms with Crippen molar-refractivity contribution >= 4 is 14.1 Å². The summed E-state index contributed by atoms with van der Waals surface area (Å²) in [5, 5.41) is 4.71. The third-order valence-corrected chi connectivity index (χ3v) is 9.70. The summed E-state index contributed by atoms with van der Waals surface area (Å²) in [6, 6.07) is 0. The zero-order valence-corrected chi connectivity index (χ0v) is 12.7. The van der Waals surface area contributed by atoms with Gasteiger partial charge in [0.15, 0.2) is 0 Å². The predicted molar refractivity (Wildman–Crippen MR) is 76.6 cm³/mol. The monoisotopic (exact) mass is 246 g/mol. The summed E-state index contributed by atoms with van der Waals surface area (Å²) < 4.78 is 0. The van der Waals surface area contributed by atoms with Crippen LogP contribution in [-0.2, 0) is 0 Å². The zero-order chi connectivity index (χ0) is 11.8. The number of rotatable bonds is 5. The van der Waals surface area contributed by atoms with Crippen molar-refractivity contribution in [1.29, 1.82) is 0 Å². The van der Waals surface area contributed by atoms with Crippen LogP contribution in [0.1, 0.15) is 39.5 Å². The van der Waals surface area contributed by atoms with Crippen molar-refractivity contribution in [2.24, 2.45) is 29.6 Å². The van der Waals surface area contributed by atoms with E-state index in [9.17, 15) is 0 Å². The molecular formula is C16H27Al. The summed E-state index contributed by atoms with van der Waals surface area (Å²) in [7, 11) is 0. The van der Waals surface area contributed by atoms with Gasteiger partial charge in [-0.25, -0.2) is 0 Å². The molecule has 0 aromatic rings. The summed E-state index contributed by atoms with van der Waals surface area (Å²) in [6.45, 7) is 4.86. The molecule has 1 heteroatoms. The van der Waals surface area contributed by atoms with Crippen LogP contribution in [0.3, 0.4) is 0 Å². The van der Waals surface area contributed by atoms with E-state index in [2.05, 4.69) is 26.0 Å². The first-order valence-corrected chi connectivity index (χ1v) is 10.4. The summed E-state index contributed by atoms with van der Waals surface area (Å²) in [5.74, 6) is 5.46. The van der Waals surface area contributed by atoms with Gasteiger partial charge >= 0.3 is 0 Å². The smallest absolute Gasteiger partial charge is 0.0967 e. The molecule has 0 nitrogen and oxygen atoms in total. The van der Waals surface area contributed by atoms with E-state index in [0.717, 1.165) is 29.6 Å². The molecule has 2 fully saturated rings. The van der Waals surface area contributed by atoms with Crippen LogP contribution in [0.5, 0.6) is 0 Å². The Balaban J connectivity index is 1.54. The molecule has 0 radical (unpaired) electrons. The van der Waals surface area contributed by atoms with Crippen LogP contribution in [0, 0.1) is 29.6 Å². The Morgan fingerprint density at radius 2 is 1.94 bits per heavy atom. The van der Waals surface area contributed by atoms with Gasteiger partial charge in [-0.1, -0.05) is 48.3 Å². The van der Waals surface area contributed by atoms with Gasteiger partial charge in [-0.15, -0.1) is 0 Å². The second-order valence-electron chi connectivity index (χ2n) is 6.82.